The van der Waals surface area contributed by atoms with Crippen LogP contribution in [0.25, 0.3) is 0 Å². The molecule has 0 heterocycles. The van der Waals surface area contributed by atoms with E-state index in [1.807, 2.05) is 0 Å². The first-order valence-corrected chi connectivity index (χ1v) is 10.0. The molecule has 1 heteroatoms. The molecular weight excluding hydrogens is 254 g/mol. The average molecular weight is 294 g/mol. The summed E-state index contributed by atoms with van der Waals surface area (Å²) >= 11 is 0. The van der Waals surface area contributed by atoms with Crippen LogP contribution in [0.4, 0.5) is 0 Å². The third-order valence-electron chi connectivity index (χ3n) is 6.51. The van der Waals surface area contributed by atoms with Crippen LogP contribution < -0.4 is 5.32 Å². The van der Waals surface area contributed by atoms with Crippen molar-refractivity contribution in [3.05, 3.63) is 0 Å². The number of hydrogen-bond donors (Lipinski definition) is 1. The number of nitrogens with one attached hydrogen (secondary N) is 1. The molecule has 0 aromatic rings. The number of hydrogen-bond acceptors (Lipinski definition) is 1. The van der Waals surface area contributed by atoms with Gasteiger partial charge in [-0.25, -0.2) is 0 Å². The molecule has 2 rings (SSSR count). The summed E-state index contributed by atoms with van der Waals surface area (Å²) in [5.74, 6) is 4.02. The van der Waals surface area contributed by atoms with Crippen LogP contribution in [0.2, 0.25) is 0 Å². The summed E-state index contributed by atoms with van der Waals surface area (Å²) < 4.78 is 0. The van der Waals surface area contributed by atoms with E-state index in [-0.39, 0.29) is 0 Å². The van der Waals surface area contributed by atoms with Gasteiger partial charge in [0, 0.05) is 6.04 Å². The maximum atomic E-state index is 3.90. The van der Waals surface area contributed by atoms with Gasteiger partial charge in [-0.2, -0.15) is 0 Å². The highest BCUT2D eigenvalue weighted by atomic mass is 14.9. The van der Waals surface area contributed by atoms with Gasteiger partial charge in [0.1, 0.15) is 0 Å². The highest BCUT2D eigenvalue weighted by Gasteiger charge is 2.33. The quantitative estimate of drug-likeness (QED) is 0.626. The first kappa shape index (κ1) is 17.3. The first-order valence-electron chi connectivity index (χ1n) is 10.0. The van der Waals surface area contributed by atoms with Gasteiger partial charge in [0.05, 0.1) is 0 Å². The van der Waals surface area contributed by atoms with Crippen molar-refractivity contribution in [2.75, 3.05) is 6.54 Å². The van der Waals surface area contributed by atoms with E-state index in [1.165, 1.54) is 70.6 Å². The summed E-state index contributed by atoms with van der Waals surface area (Å²) in [4.78, 5) is 0. The monoisotopic (exact) mass is 293 g/mol. The Morgan fingerprint density at radius 1 is 0.762 bits per heavy atom. The molecule has 0 spiro atoms. The van der Waals surface area contributed by atoms with Crippen molar-refractivity contribution in [2.24, 2.45) is 23.7 Å². The molecule has 0 amide bonds. The molecular formula is C20H39N. The fourth-order valence-electron chi connectivity index (χ4n) is 5.15. The molecule has 1 nitrogen and oxygen atoms in total. The minimum absolute atomic E-state index is 0.829. The van der Waals surface area contributed by atoms with Gasteiger partial charge in [0.25, 0.3) is 0 Å². The summed E-state index contributed by atoms with van der Waals surface area (Å²) in [6, 6.07) is 0.829. The van der Waals surface area contributed by atoms with E-state index in [4.69, 9.17) is 0 Å². The molecule has 2 aliphatic carbocycles. The van der Waals surface area contributed by atoms with E-state index in [0.717, 1.165) is 36.3 Å². The van der Waals surface area contributed by atoms with Gasteiger partial charge >= 0.3 is 0 Å². The second-order valence-electron chi connectivity index (χ2n) is 7.84. The zero-order valence-corrected chi connectivity index (χ0v) is 14.9. The molecule has 0 aromatic heterocycles. The van der Waals surface area contributed by atoms with Gasteiger partial charge in [0.15, 0.2) is 0 Å². The van der Waals surface area contributed by atoms with Crippen LogP contribution in [-0.4, -0.2) is 12.6 Å². The lowest BCUT2D eigenvalue weighted by Crippen LogP contribution is -2.44. The van der Waals surface area contributed by atoms with Crippen molar-refractivity contribution in [1.29, 1.82) is 0 Å². The molecule has 0 bridgehead atoms. The number of rotatable bonds is 7. The first-order chi connectivity index (χ1) is 10.3. The molecule has 0 radical (unpaired) electrons. The Labute approximate surface area is 133 Å². The van der Waals surface area contributed by atoms with Crippen molar-refractivity contribution >= 4 is 0 Å². The zero-order valence-electron chi connectivity index (χ0n) is 14.9. The van der Waals surface area contributed by atoms with Crippen molar-refractivity contribution in [3.8, 4) is 0 Å². The SMILES string of the molecule is CCCC1CCC(C(NCC)C2CCC(CC)CC2)CC1. The maximum absolute atomic E-state index is 3.90. The van der Waals surface area contributed by atoms with Crippen molar-refractivity contribution in [2.45, 2.75) is 97.4 Å². The van der Waals surface area contributed by atoms with Crippen LogP contribution in [0, 0.1) is 23.7 Å². The largest absolute Gasteiger partial charge is 0.314 e. The van der Waals surface area contributed by atoms with Crippen LogP contribution in [-0.2, 0) is 0 Å². The van der Waals surface area contributed by atoms with Crippen LogP contribution in [0.1, 0.15) is 91.4 Å². The Bertz CT molecular complexity index is 259. The normalized spacial score (nSPS) is 35.6. The molecule has 2 saturated carbocycles. The van der Waals surface area contributed by atoms with E-state index in [9.17, 15) is 0 Å². The summed E-state index contributed by atoms with van der Waals surface area (Å²) in [6.45, 7) is 8.18. The van der Waals surface area contributed by atoms with Gasteiger partial charge in [-0.3, -0.25) is 0 Å². The van der Waals surface area contributed by atoms with Crippen LogP contribution in [0.15, 0.2) is 0 Å². The van der Waals surface area contributed by atoms with Gasteiger partial charge < -0.3 is 5.32 Å². The third kappa shape index (κ3) is 4.98. The van der Waals surface area contributed by atoms with Gasteiger partial charge in [-0.1, -0.05) is 65.7 Å². The van der Waals surface area contributed by atoms with Crippen molar-refractivity contribution < 1.29 is 0 Å². The zero-order chi connectivity index (χ0) is 15.1. The molecule has 1 N–H and O–H groups in total. The van der Waals surface area contributed by atoms with E-state index >= 15 is 0 Å². The molecule has 1 atom stereocenters. The van der Waals surface area contributed by atoms with Crippen molar-refractivity contribution in [3.63, 3.8) is 0 Å². The predicted molar refractivity (Wildman–Crippen MR) is 93.6 cm³/mol. The fourth-order valence-corrected chi connectivity index (χ4v) is 5.15. The summed E-state index contributed by atoms with van der Waals surface area (Å²) in [5, 5.41) is 3.90. The Morgan fingerprint density at radius 2 is 1.29 bits per heavy atom. The second-order valence-corrected chi connectivity index (χ2v) is 7.84. The van der Waals surface area contributed by atoms with Crippen LogP contribution in [0.5, 0.6) is 0 Å². The molecule has 2 aliphatic rings. The Balaban J connectivity index is 1.84. The lowest BCUT2D eigenvalue weighted by atomic mass is 9.69. The second kappa shape index (κ2) is 9.18. The molecule has 0 aromatic carbocycles. The molecule has 124 valence electrons. The molecule has 0 saturated heterocycles. The van der Waals surface area contributed by atoms with E-state index in [2.05, 4.69) is 26.1 Å². The summed E-state index contributed by atoms with van der Waals surface area (Å²) in [7, 11) is 0. The molecule has 2 fully saturated rings. The lowest BCUT2D eigenvalue weighted by molar-refractivity contribution is 0.136. The van der Waals surface area contributed by atoms with Gasteiger partial charge in [0.2, 0.25) is 0 Å². The van der Waals surface area contributed by atoms with Crippen molar-refractivity contribution in [1.82, 2.24) is 5.32 Å². The topological polar surface area (TPSA) is 12.0 Å². The maximum Gasteiger partial charge on any atom is 0.0123 e. The smallest absolute Gasteiger partial charge is 0.0123 e. The lowest BCUT2D eigenvalue weighted by Gasteiger charge is -2.41. The van der Waals surface area contributed by atoms with E-state index in [1.54, 1.807) is 0 Å². The van der Waals surface area contributed by atoms with Crippen LogP contribution in [0.3, 0.4) is 0 Å². The highest BCUT2D eigenvalue weighted by Crippen LogP contribution is 2.40. The Hall–Kier alpha value is -0.0400. The summed E-state index contributed by atoms with van der Waals surface area (Å²) in [6.07, 6.45) is 16.2. The molecule has 1 unspecified atom stereocenters. The minimum atomic E-state index is 0.829. The molecule has 21 heavy (non-hydrogen) atoms. The van der Waals surface area contributed by atoms with E-state index < -0.39 is 0 Å². The minimum Gasteiger partial charge on any atom is -0.314 e. The van der Waals surface area contributed by atoms with Gasteiger partial charge in [-0.15, -0.1) is 0 Å². The van der Waals surface area contributed by atoms with Crippen LogP contribution >= 0.6 is 0 Å². The fraction of sp³-hybridized carbons (Fsp3) is 1.00. The summed E-state index contributed by atoms with van der Waals surface area (Å²) in [5.41, 5.74) is 0. The predicted octanol–water partition coefficient (Wildman–Crippen LogP) is 5.79. The van der Waals surface area contributed by atoms with E-state index in [0.29, 0.717) is 0 Å². The Morgan fingerprint density at radius 3 is 1.71 bits per heavy atom. The van der Waals surface area contributed by atoms with Gasteiger partial charge in [-0.05, 0) is 55.9 Å². The average Bonchev–Trinajstić information content (AvgIpc) is 2.54. The molecule has 0 aliphatic heterocycles. The Kier molecular flexibility index (Phi) is 7.57. The highest BCUT2D eigenvalue weighted by molar-refractivity contribution is 4.88. The third-order valence-corrected chi connectivity index (χ3v) is 6.51. The standard InChI is InChI=1S/C20H39N/c1-4-7-17-10-14-19(15-11-17)20(21-6-3)18-12-8-16(5-2)9-13-18/h16-21H,4-15H2,1-3H3.